The van der Waals surface area contributed by atoms with E-state index in [2.05, 4.69) is 32.6 Å². The number of nitrogens with zero attached hydrogens (tertiary/aromatic N) is 3. The Bertz CT molecular complexity index is 2150. The molecule has 6 unspecified atom stereocenters. The van der Waals surface area contributed by atoms with Crippen molar-refractivity contribution < 1.29 is 39.0 Å². The number of unbranched alkanes of at least 4 members (excludes halogenated alkanes) is 10. The van der Waals surface area contributed by atoms with Crippen molar-refractivity contribution >= 4 is 29.1 Å². The lowest BCUT2D eigenvalue weighted by atomic mass is 9.55. The fourth-order valence-electron chi connectivity index (χ4n) is 10.8. The normalized spacial score (nSPS) is 22.0. The van der Waals surface area contributed by atoms with E-state index in [0.717, 1.165) is 78.7 Å². The minimum absolute atomic E-state index is 0.00189. The summed E-state index contributed by atoms with van der Waals surface area (Å²) in [7, 11) is 0. The molecule has 376 valence electrons. The van der Waals surface area contributed by atoms with Crippen LogP contribution in [0, 0.1) is 27.9 Å². The number of non-ortho nitro benzene ring substituents is 1. The van der Waals surface area contributed by atoms with Crippen molar-refractivity contribution in [3.8, 4) is 17.2 Å². The molecule has 1 fully saturated rings. The Kier molecular flexibility index (Phi) is 21.5. The van der Waals surface area contributed by atoms with Crippen LogP contribution in [0.3, 0.4) is 0 Å². The predicted molar refractivity (Wildman–Crippen MR) is 275 cm³/mol. The van der Waals surface area contributed by atoms with Gasteiger partial charge in [-0.15, -0.1) is 18.3 Å². The zero-order chi connectivity index (χ0) is 49.0. The molecule has 0 aromatic heterocycles. The number of nitro groups is 1. The van der Waals surface area contributed by atoms with E-state index in [4.69, 9.17) is 24.2 Å². The molecular formula is C56H77N3O9S. The molecule has 2 N–H and O–H groups in total. The van der Waals surface area contributed by atoms with Gasteiger partial charge < -0.3 is 34.2 Å². The third kappa shape index (κ3) is 14.0. The van der Waals surface area contributed by atoms with Crippen LogP contribution in [0.15, 0.2) is 101 Å². The first-order valence-electron chi connectivity index (χ1n) is 25.8. The molecule has 0 spiro atoms. The number of oxime groups is 1. The van der Waals surface area contributed by atoms with E-state index in [1.807, 2.05) is 47.6 Å². The maximum atomic E-state index is 14.9. The third-order valence-electron chi connectivity index (χ3n) is 14.1. The zero-order valence-corrected chi connectivity index (χ0v) is 42.2. The number of amides is 1. The summed E-state index contributed by atoms with van der Waals surface area (Å²) >= 11 is 1.67. The van der Waals surface area contributed by atoms with Gasteiger partial charge in [0.1, 0.15) is 29.9 Å². The van der Waals surface area contributed by atoms with Crippen LogP contribution < -0.4 is 9.47 Å². The van der Waals surface area contributed by atoms with Gasteiger partial charge in [-0.25, -0.2) is 0 Å². The molecular weight excluding hydrogens is 891 g/mol. The molecule has 69 heavy (non-hydrogen) atoms. The summed E-state index contributed by atoms with van der Waals surface area (Å²) in [4.78, 5) is 35.3. The fraction of sp³-hybridized carbons (Fsp3) is 0.571. The van der Waals surface area contributed by atoms with E-state index >= 15 is 0 Å². The molecule has 6 rings (SSSR count). The number of fused-ring (bicyclic) bond motifs is 2. The minimum Gasteiger partial charge on any atom is -0.459 e. The van der Waals surface area contributed by atoms with Crippen molar-refractivity contribution in [2.45, 2.75) is 159 Å². The third-order valence-corrected chi connectivity index (χ3v) is 14.9. The molecule has 6 atom stereocenters. The van der Waals surface area contributed by atoms with E-state index in [1.165, 1.54) is 50.7 Å². The van der Waals surface area contributed by atoms with Gasteiger partial charge in [-0.3, -0.25) is 14.9 Å². The predicted octanol–water partition coefficient (Wildman–Crippen LogP) is 13.1. The second-order valence-electron chi connectivity index (χ2n) is 18.9. The quantitative estimate of drug-likeness (QED) is 0.0209. The van der Waals surface area contributed by atoms with Gasteiger partial charge in [0.15, 0.2) is 0 Å². The number of aliphatic hydroxyl groups excluding tert-OH is 2. The number of ether oxygens (including phenoxy) is 3. The van der Waals surface area contributed by atoms with Crippen LogP contribution in [0.5, 0.6) is 17.2 Å². The van der Waals surface area contributed by atoms with Crippen molar-refractivity contribution in [1.82, 2.24) is 4.90 Å². The maximum absolute atomic E-state index is 14.9. The van der Waals surface area contributed by atoms with Crippen LogP contribution in [0.25, 0.3) is 0 Å². The lowest BCUT2D eigenvalue weighted by Crippen LogP contribution is -2.70. The van der Waals surface area contributed by atoms with Crippen molar-refractivity contribution in [2.75, 3.05) is 32.6 Å². The first-order valence-corrected chi connectivity index (χ1v) is 27.0. The number of allylic oxidation sites excluding steroid dienone is 1. The Morgan fingerprint density at radius 3 is 2.23 bits per heavy atom. The molecule has 0 bridgehead atoms. The molecule has 1 aliphatic heterocycles. The Morgan fingerprint density at radius 2 is 1.58 bits per heavy atom. The number of carbonyl (C=O) groups is 1. The van der Waals surface area contributed by atoms with Gasteiger partial charge in [0.25, 0.3) is 5.69 Å². The number of hydrogen-bond acceptors (Lipinski definition) is 11. The topological polar surface area (TPSA) is 153 Å². The van der Waals surface area contributed by atoms with Gasteiger partial charge in [0.2, 0.25) is 11.7 Å². The molecule has 13 heteroatoms. The second kappa shape index (κ2) is 27.6. The van der Waals surface area contributed by atoms with Gasteiger partial charge in [-0.05, 0) is 122 Å². The van der Waals surface area contributed by atoms with E-state index in [9.17, 15) is 25.1 Å². The largest absolute Gasteiger partial charge is 0.459 e. The highest BCUT2D eigenvalue weighted by Gasteiger charge is 2.65. The van der Waals surface area contributed by atoms with Crippen molar-refractivity contribution in [3.05, 3.63) is 112 Å². The average molecular weight is 968 g/mol. The number of aliphatic hydroxyl groups is 2. The number of rotatable bonds is 31. The molecule has 0 radical (unpaired) electrons. The van der Waals surface area contributed by atoms with Crippen LogP contribution in [-0.2, 0) is 21.0 Å². The van der Waals surface area contributed by atoms with Gasteiger partial charge in [-0.2, -0.15) is 0 Å². The van der Waals surface area contributed by atoms with Crippen LogP contribution in [0.2, 0.25) is 0 Å². The number of hydrogen-bond donors (Lipinski definition) is 2. The summed E-state index contributed by atoms with van der Waals surface area (Å²) in [6, 6.07) is 19.8. The van der Waals surface area contributed by atoms with Crippen molar-refractivity contribution in [1.29, 1.82) is 0 Å². The van der Waals surface area contributed by atoms with E-state index in [1.54, 1.807) is 30.0 Å². The highest BCUT2D eigenvalue weighted by molar-refractivity contribution is 7.98. The molecule has 3 aliphatic rings. The Morgan fingerprint density at radius 1 is 0.899 bits per heavy atom. The molecule has 3 aromatic carbocycles. The molecule has 1 amide bonds. The standard InChI is InChI=1S/C56H77N3O9S/c1-5-8-9-10-11-12-13-14-15-22-53(62)58(33-6-2)52-39-50(57-66-40-41-23-25-43(26-24-41)59(63)64)48-37-42(20-16-18-34-60)47(21-17-19-35-61)54-49-38-45(67-44-27-30-46(69-4)31-28-44)29-32-51(49)68-56(52,55(48)54)65-36-7-3/h7,23-32,37-38,42,47,52,54-55,60-61H,3,5-6,8-22,33-36,39-40H2,1-2,4H3. The van der Waals surface area contributed by atoms with Gasteiger partial charge in [0.05, 0.1) is 23.2 Å². The summed E-state index contributed by atoms with van der Waals surface area (Å²) in [5, 5.41) is 36.4. The van der Waals surface area contributed by atoms with Crippen molar-refractivity contribution in [3.63, 3.8) is 0 Å². The van der Waals surface area contributed by atoms with Crippen LogP contribution in [0.1, 0.15) is 146 Å². The van der Waals surface area contributed by atoms with Crippen molar-refractivity contribution in [2.24, 2.45) is 22.9 Å². The average Bonchev–Trinajstić information content (AvgIpc) is 3.36. The number of carbonyl (C=O) groups excluding carboxylic acids is 1. The summed E-state index contributed by atoms with van der Waals surface area (Å²) < 4.78 is 21.2. The minimum atomic E-state index is -1.35. The highest BCUT2D eigenvalue weighted by atomic mass is 32.2. The zero-order valence-electron chi connectivity index (χ0n) is 41.4. The van der Waals surface area contributed by atoms with E-state index < -0.39 is 22.7 Å². The lowest BCUT2D eigenvalue weighted by molar-refractivity contribution is -0.384. The molecule has 3 aromatic rings. The highest BCUT2D eigenvalue weighted by Crippen LogP contribution is 2.62. The summed E-state index contributed by atoms with van der Waals surface area (Å²) in [5.74, 6) is 0.262. The van der Waals surface area contributed by atoms with Crippen LogP contribution in [-0.4, -0.2) is 76.1 Å². The van der Waals surface area contributed by atoms with Gasteiger partial charge in [-0.1, -0.05) is 95.4 Å². The smallest absolute Gasteiger partial charge is 0.269 e. The van der Waals surface area contributed by atoms with Crippen LogP contribution in [0.4, 0.5) is 5.69 Å². The SMILES string of the molecule is C=CCOC12Oc3ccc(Oc4ccc(SC)cc4)cc3C3C(CCCCO)C(CCCCO)C=C(C(=NOCc4ccc([N+](=O)[O-])cc4)CC1N(CCC)C(=O)CCCCCCCCCCC)C32. The first kappa shape index (κ1) is 53.7. The Labute approximate surface area is 415 Å². The Balaban J connectivity index is 1.47. The molecule has 0 saturated heterocycles. The second-order valence-corrected chi connectivity index (χ2v) is 19.8. The van der Waals surface area contributed by atoms with Crippen LogP contribution >= 0.6 is 11.8 Å². The lowest BCUT2D eigenvalue weighted by Gasteiger charge is -2.60. The molecule has 1 saturated carbocycles. The summed E-state index contributed by atoms with van der Waals surface area (Å²) in [6.45, 7) is 9.37. The number of thioether (sulfide) groups is 1. The molecule has 1 heterocycles. The molecule has 2 aliphatic carbocycles. The number of nitro benzene ring substituents is 1. The van der Waals surface area contributed by atoms with E-state index in [-0.39, 0.29) is 55.8 Å². The summed E-state index contributed by atoms with van der Waals surface area (Å²) in [5.41, 5.74) is 3.37. The Hall–Kier alpha value is -4.69. The van der Waals surface area contributed by atoms with E-state index in [0.29, 0.717) is 49.4 Å². The summed E-state index contributed by atoms with van der Waals surface area (Å²) in [6.07, 6.45) is 22.5. The monoisotopic (exact) mass is 968 g/mol. The molecule has 12 nitrogen and oxygen atoms in total. The first-order chi connectivity index (χ1) is 33.7. The fourth-order valence-corrected chi connectivity index (χ4v) is 11.2. The van der Waals surface area contributed by atoms with Gasteiger partial charge >= 0.3 is 0 Å². The number of benzene rings is 3. The van der Waals surface area contributed by atoms with Gasteiger partial charge in [0, 0.05) is 61.1 Å². The maximum Gasteiger partial charge on any atom is 0.269 e.